The summed E-state index contributed by atoms with van der Waals surface area (Å²) in [6.07, 6.45) is 15.5. The standard InChI is InChI=1S/C17H33NO/c1-3-5-10-16(18,4-2)14-15-9-13-17(19-15)11-7-6-8-12-17/h15H,3-14,18H2,1-2H3. The molecule has 19 heavy (non-hydrogen) atoms. The van der Waals surface area contributed by atoms with Crippen LogP contribution >= 0.6 is 0 Å². The molecule has 1 aliphatic heterocycles. The van der Waals surface area contributed by atoms with Gasteiger partial charge >= 0.3 is 0 Å². The summed E-state index contributed by atoms with van der Waals surface area (Å²) >= 11 is 0. The molecule has 0 radical (unpaired) electrons. The summed E-state index contributed by atoms with van der Waals surface area (Å²) in [5, 5.41) is 0. The zero-order chi connectivity index (χ0) is 13.8. The second kappa shape index (κ2) is 6.58. The van der Waals surface area contributed by atoms with E-state index in [1.165, 1.54) is 57.8 Å². The van der Waals surface area contributed by atoms with Gasteiger partial charge < -0.3 is 10.5 Å². The third kappa shape index (κ3) is 3.95. The summed E-state index contributed by atoms with van der Waals surface area (Å²) in [5.41, 5.74) is 6.87. The molecule has 1 saturated heterocycles. The van der Waals surface area contributed by atoms with E-state index in [1.807, 2.05) is 0 Å². The molecule has 0 bridgehead atoms. The summed E-state index contributed by atoms with van der Waals surface area (Å²) < 4.78 is 6.49. The van der Waals surface area contributed by atoms with Gasteiger partial charge in [0.1, 0.15) is 0 Å². The van der Waals surface area contributed by atoms with Gasteiger partial charge in [0.2, 0.25) is 0 Å². The third-order valence-electron chi connectivity index (χ3n) is 5.47. The first-order valence-corrected chi connectivity index (χ1v) is 8.58. The quantitative estimate of drug-likeness (QED) is 0.766. The molecule has 0 amide bonds. The second-order valence-corrected chi connectivity index (χ2v) is 7.05. The fraction of sp³-hybridized carbons (Fsp3) is 1.00. The van der Waals surface area contributed by atoms with Crippen LogP contribution < -0.4 is 5.73 Å². The highest BCUT2D eigenvalue weighted by molar-refractivity contribution is 4.95. The van der Waals surface area contributed by atoms with Gasteiger partial charge in [-0.25, -0.2) is 0 Å². The van der Waals surface area contributed by atoms with Crippen molar-refractivity contribution in [2.24, 2.45) is 5.73 Å². The highest BCUT2D eigenvalue weighted by Gasteiger charge is 2.42. The van der Waals surface area contributed by atoms with Gasteiger partial charge in [0.15, 0.2) is 0 Å². The molecular formula is C17H33NO. The number of hydrogen-bond donors (Lipinski definition) is 1. The van der Waals surface area contributed by atoms with Crippen LogP contribution in [0.1, 0.15) is 90.9 Å². The molecule has 2 fully saturated rings. The molecular weight excluding hydrogens is 234 g/mol. The molecule has 0 aromatic rings. The van der Waals surface area contributed by atoms with E-state index >= 15 is 0 Å². The maximum atomic E-state index is 6.60. The highest BCUT2D eigenvalue weighted by atomic mass is 16.5. The van der Waals surface area contributed by atoms with Crippen molar-refractivity contribution < 1.29 is 4.74 Å². The van der Waals surface area contributed by atoms with Gasteiger partial charge in [-0.15, -0.1) is 0 Å². The monoisotopic (exact) mass is 267 g/mol. The minimum Gasteiger partial charge on any atom is -0.372 e. The van der Waals surface area contributed by atoms with E-state index in [-0.39, 0.29) is 11.1 Å². The molecule has 1 aliphatic carbocycles. The van der Waals surface area contributed by atoms with Crippen LogP contribution in [0.25, 0.3) is 0 Å². The first-order valence-electron chi connectivity index (χ1n) is 8.58. The van der Waals surface area contributed by atoms with E-state index < -0.39 is 0 Å². The molecule has 2 nitrogen and oxygen atoms in total. The van der Waals surface area contributed by atoms with Crippen molar-refractivity contribution in [3.63, 3.8) is 0 Å². The Balaban J connectivity index is 1.86. The van der Waals surface area contributed by atoms with Crippen LogP contribution in [0.15, 0.2) is 0 Å². The minimum atomic E-state index is 0.0148. The van der Waals surface area contributed by atoms with Crippen molar-refractivity contribution in [2.45, 2.75) is 108 Å². The zero-order valence-electron chi connectivity index (χ0n) is 13.0. The third-order valence-corrected chi connectivity index (χ3v) is 5.47. The van der Waals surface area contributed by atoms with E-state index in [1.54, 1.807) is 0 Å². The van der Waals surface area contributed by atoms with Crippen LogP contribution in [0.3, 0.4) is 0 Å². The molecule has 1 spiro atoms. The average Bonchev–Trinajstić information content (AvgIpc) is 2.80. The van der Waals surface area contributed by atoms with Crippen LogP contribution in [-0.4, -0.2) is 17.2 Å². The lowest BCUT2D eigenvalue weighted by Crippen LogP contribution is -2.43. The topological polar surface area (TPSA) is 35.2 Å². The summed E-state index contributed by atoms with van der Waals surface area (Å²) in [6, 6.07) is 0. The average molecular weight is 267 g/mol. The van der Waals surface area contributed by atoms with E-state index in [4.69, 9.17) is 10.5 Å². The lowest BCUT2D eigenvalue weighted by atomic mass is 9.82. The van der Waals surface area contributed by atoms with Gasteiger partial charge in [-0.05, 0) is 44.9 Å². The van der Waals surface area contributed by atoms with Crippen molar-refractivity contribution in [1.29, 1.82) is 0 Å². The number of unbranched alkanes of at least 4 members (excludes halogenated alkanes) is 1. The maximum Gasteiger partial charge on any atom is 0.0687 e. The van der Waals surface area contributed by atoms with Gasteiger partial charge in [0, 0.05) is 5.54 Å². The molecule has 2 N–H and O–H groups in total. The molecule has 112 valence electrons. The van der Waals surface area contributed by atoms with E-state index in [9.17, 15) is 0 Å². The highest BCUT2D eigenvalue weighted by Crippen LogP contribution is 2.43. The van der Waals surface area contributed by atoms with Gasteiger partial charge in [-0.1, -0.05) is 46.0 Å². The largest absolute Gasteiger partial charge is 0.372 e. The van der Waals surface area contributed by atoms with E-state index in [0.29, 0.717) is 6.10 Å². The number of hydrogen-bond acceptors (Lipinski definition) is 2. The fourth-order valence-corrected chi connectivity index (χ4v) is 4.01. The Labute approximate surface area is 119 Å². The van der Waals surface area contributed by atoms with Crippen molar-refractivity contribution in [2.75, 3.05) is 0 Å². The Morgan fingerprint density at radius 1 is 1.16 bits per heavy atom. The number of rotatable bonds is 6. The van der Waals surface area contributed by atoms with Gasteiger partial charge in [-0.2, -0.15) is 0 Å². The molecule has 2 heteroatoms. The SMILES string of the molecule is CCCCC(N)(CC)CC1CCC2(CCCCC2)O1. The van der Waals surface area contributed by atoms with E-state index in [2.05, 4.69) is 13.8 Å². The molecule has 2 aliphatic rings. The van der Waals surface area contributed by atoms with Gasteiger partial charge in [0.25, 0.3) is 0 Å². The summed E-state index contributed by atoms with van der Waals surface area (Å²) in [5.74, 6) is 0. The van der Waals surface area contributed by atoms with Gasteiger partial charge in [0.05, 0.1) is 11.7 Å². The molecule has 0 aromatic carbocycles. The van der Waals surface area contributed by atoms with E-state index in [0.717, 1.165) is 19.3 Å². The Kier molecular flexibility index (Phi) is 5.30. The number of ether oxygens (including phenoxy) is 1. The summed E-state index contributed by atoms with van der Waals surface area (Å²) in [4.78, 5) is 0. The predicted molar refractivity (Wildman–Crippen MR) is 81.3 cm³/mol. The molecule has 0 aromatic heterocycles. The van der Waals surface area contributed by atoms with Crippen LogP contribution in [0, 0.1) is 0 Å². The van der Waals surface area contributed by atoms with Crippen LogP contribution in [-0.2, 0) is 4.74 Å². The first-order chi connectivity index (χ1) is 9.11. The van der Waals surface area contributed by atoms with Crippen LogP contribution in [0.5, 0.6) is 0 Å². The molecule has 2 rings (SSSR count). The van der Waals surface area contributed by atoms with Crippen LogP contribution in [0.2, 0.25) is 0 Å². The van der Waals surface area contributed by atoms with Crippen molar-refractivity contribution in [3.8, 4) is 0 Å². The van der Waals surface area contributed by atoms with Crippen molar-refractivity contribution >= 4 is 0 Å². The lowest BCUT2D eigenvalue weighted by molar-refractivity contribution is -0.0718. The first kappa shape index (κ1) is 15.3. The Bertz CT molecular complexity index is 272. The number of nitrogens with two attached hydrogens (primary N) is 1. The van der Waals surface area contributed by atoms with Crippen LogP contribution in [0.4, 0.5) is 0 Å². The minimum absolute atomic E-state index is 0.0148. The summed E-state index contributed by atoms with van der Waals surface area (Å²) in [6.45, 7) is 4.49. The normalized spacial score (nSPS) is 29.5. The molecule has 1 saturated carbocycles. The van der Waals surface area contributed by atoms with Gasteiger partial charge in [-0.3, -0.25) is 0 Å². The molecule has 2 atom stereocenters. The maximum absolute atomic E-state index is 6.60. The smallest absolute Gasteiger partial charge is 0.0687 e. The predicted octanol–water partition coefficient (Wildman–Crippen LogP) is 4.56. The summed E-state index contributed by atoms with van der Waals surface area (Å²) in [7, 11) is 0. The zero-order valence-corrected chi connectivity index (χ0v) is 13.0. The van der Waals surface area contributed by atoms with Crippen molar-refractivity contribution in [1.82, 2.24) is 0 Å². The second-order valence-electron chi connectivity index (χ2n) is 7.05. The lowest BCUT2D eigenvalue weighted by Gasteiger charge is -2.35. The van der Waals surface area contributed by atoms with Crippen molar-refractivity contribution in [3.05, 3.63) is 0 Å². The Morgan fingerprint density at radius 3 is 2.53 bits per heavy atom. The Hall–Kier alpha value is -0.0800. The molecule has 1 heterocycles. The fourth-order valence-electron chi connectivity index (χ4n) is 4.01. The Morgan fingerprint density at radius 2 is 1.89 bits per heavy atom. The molecule has 2 unspecified atom stereocenters.